The molecule has 1 saturated heterocycles. The molecule has 0 N–H and O–H groups in total. The predicted octanol–water partition coefficient (Wildman–Crippen LogP) is 2.73. The molecule has 5 rings (SSSR count). The molecule has 0 atom stereocenters. The molecule has 166 valence electrons. The van der Waals surface area contributed by atoms with Gasteiger partial charge in [0.2, 0.25) is 5.95 Å². The zero-order valence-electron chi connectivity index (χ0n) is 18.7. The SMILES string of the molecule is COc1ccc(CN2CCc3nc(N4CCN(C5CCC5)CC4)ncc3C2)c(OC)c1. The number of aromatic nitrogens is 2. The lowest BCUT2D eigenvalue weighted by molar-refractivity contribution is 0.120. The zero-order chi connectivity index (χ0) is 21.2. The number of hydrogen-bond acceptors (Lipinski definition) is 7. The summed E-state index contributed by atoms with van der Waals surface area (Å²) in [5.41, 5.74) is 3.63. The van der Waals surface area contributed by atoms with Crippen LogP contribution in [0.15, 0.2) is 24.4 Å². The maximum Gasteiger partial charge on any atom is 0.225 e. The number of methoxy groups -OCH3 is 2. The molecule has 3 aliphatic rings. The second kappa shape index (κ2) is 9.01. The lowest BCUT2D eigenvalue weighted by Crippen LogP contribution is -2.52. The Morgan fingerprint density at radius 1 is 1.03 bits per heavy atom. The summed E-state index contributed by atoms with van der Waals surface area (Å²) in [6.07, 6.45) is 7.18. The van der Waals surface area contributed by atoms with Crippen LogP contribution in [0.4, 0.5) is 5.95 Å². The minimum absolute atomic E-state index is 0.819. The second-order valence-electron chi connectivity index (χ2n) is 8.89. The van der Waals surface area contributed by atoms with Gasteiger partial charge < -0.3 is 14.4 Å². The molecular weight excluding hydrogens is 390 g/mol. The largest absolute Gasteiger partial charge is 0.497 e. The molecule has 0 amide bonds. The highest BCUT2D eigenvalue weighted by molar-refractivity contribution is 5.41. The Morgan fingerprint density at radius 3 is 2.58 bits per heavy atom. The van der Waals surface area contributed by atoms with Crippen molar-refractivity contribution < 1.29 is 9.47 Å². The van der Waals surface area contributed by atoms with Gasteiger partial charge in [-0.15, -0.1) is 0 Å². The molecule has 0 spiro atoms. The standard InChI is InChI=1S/C24H33N5O2/c1-30-21-7-6-18(23(14-21)31-2)16-27-9-8-22-19(17-27)15-25-24(26-22)29-12-10-28(11-13-29)20-4-3-5-20/h6-7,14-15,20H,3-5,8-13,16-17H2,1-2H3. The van der Waals surface area contributed by atoms with E-state index >= 15 is 0 Å². The van der Waals surface area contributed by atoms with Gasteiger partial charge in [-0.3, -0.25) is 9.80 Å². The summed E-state index contributed by atoms with van der Waals surface area (Å²) in [6.45, 7) is 7.08. The number of rotatable bonds is 6. The van der Waals surface area contributed by atoms with Gasteiger partial charge in [-0.2, -0.15) is 0 Å². The van der Waals surface area contributed by atoms with Crippen LogP contribution in [0.5, 0.6) is 11.5 Å². The maximum atomic E-state index is 5.57. The average Bonchev–Trinajstić information content (AvgIpc) is 2.78. The Hall–Kier alpha value is -2.38. The van der Waals surface area contributed by atoms with Crippen molar-refractivity contribution in [3.8, 4) is 11.5 Å². The summed E-state index contributed by atoms with van der Waals surface area (Å²) in [5, 5.41) is 0. The van der Waals surface area contributed by atoms with Gasteiger partial charge in [-0.1, -0.05) is 12.5 Å². The Morgan fingerprint density at radius 2 is 1.87 bits per heavy atom. The first-order chi connectivity index (χ1) is 15.2. The Labute approximate surface area is 185 Å². The second-order valence-corrected chi connectivity index (χ2v) is 8.89. The van der Waals surface area contributed by atoms with Gasteiger partial charge in [0.05, 0.1) is 19.9 Å². The summed E-state index contributed by atoms with van der Waals surface area (Å²) in [7, 11) is 3.39. The molecule has 31 heavy (non-hydrogen) atoms. The molecular formula is C24H33N5O2. The number of nitrogens with zero attached hydrogens (tertiary/aromatic N) is 5. The first-order valence-electron chi connectivity index (χ1n) is 11.5. The lowest BCUT2D eigenvalue weighted by atomic mass is 9.91. The number of benzene rings is 1. The molecule has 0 radical (unpaired) electrons. The molecule has 1 aromatic carbocycles. The van der Waals surface area contributed by atoms with Gasteiger partial charge in [-0.25, -0.2) is 9.97 Å². The lowest BCUT2D eigenvalue weighted by Gasteiger charge is -2.43. The normalized spacial score (nSPS) is 20.3. The van der Waals surface area contributed by atoms with Crippen molar-refractivity contribution >= 4 is 5.95 Å². The van der Waals surface area contributed by atoms with Gasteiger partial charge in [0, 0.05) is 81.7 Å². The molecule has 0 unspecified atom stereocenters. The average molecular weight is 424 g/mol. The van der Waals surface area contributed by atoms with Crippen molar-refractivity contribution in [2.45, 2.75) is 44.8 Å². The van der Waals surface area contributed by atoms with E-state index in [9.17, 15) is 0 Å². The van der Waals surface area contributed by atoms with E-state index in [1.807, 2.05) is 18.3 Å². The van der Waals surface area contributed by atoms with Gasteiger partial charge in [0.25, 0.3) is 0 Å². The summed E-state index contributed by atoms with van der Waals surface area (Å²) in [5.74, 6) is 2.61. The summed E-state index contributed by atoms with van der Waals surface area (Å²) < 4.78 is 10.9. The predicted molar refractivity (Wildman–Crippen MR) is 121 cm³/mol. The van der Waals surface area contributed by atoms with Crippen LogP contribution in [-0.4, -0.2) is 72.8 Å². The van der Waals surface area contributed by atoms with Crippen molar-refractivity contribution in [1.82, 2.24) is 19.8 Å². The van der Waals surface area contributed by atoms with E-state index in [1.165, 1.54) is 36.1 Å². The summed E-state index contributed by atoms with van der Waals surface area (Å²) in [4.78, 5) is 17.2. The third-order valence-corrected chi connectivity index (χ3v) is 7.08. The van der Waals surface area contributed by atoms with Crippen LogP contribution in [0, 0.1) is 0 Å². The van der Waals surface area contributed by atoms with Gasteiger partial charge >= 0.3 is 0 Å². The first-order valence-corrected chi connectivity index (χ1v) is 11.5. The molecule has 0 bridgehead atoms. The van der Waals surface area contributed by atoms with E-state index in [0.29, 0.717) is 0 Å². The minimum Gasteiger partial charge on any atom is -0.497 e. The first kappa shape index (κ1) is 20.5. The number of piperazine rings is 1. The van der Waals surface area contributed by atoms with Crippen molar-refractivity contribution in [3.63, 3.8) is 0 Å². The third-order valence-electron chi connectivity index (χ3n) is 7.08. The number of hydrogen-bond donors (Lipinski definition) is 0. The fraction of sp³-hybridized carbons (Fsp3) is 0.583. The van der Waals surface area contributed by atoms with E-state index < -0.39 is 0 Å². The van der Waals surface area contributed by atoms with Crippen LogP contribution in [0.3, 0.4) is 0 Å². The van der Waals surface area contributed by atoms with Crippen LogP contribution in [-0.2, 0) is 19.5 Å². The molecule has 2 aliphatic heterocycles. The van der Waals surface area contributed by atoms with Gasteiger partial charge in [-0.05, 0) is 18.9 Å². The summed E-state index contributed by atoms with van der Waals surface area (Å²) >= 11 is 0. The Kier molecular flexibility index (Phi) is 5.96. The third kappa shape index (κ3) is 4.34. The van der Waals surface area contributed by atoms with Crippen LogP contribution in [0.2, 0.25) is 0 Å². The highest BCUT2D eigenvalue weighted by Gasteiger charge is 2.29. The molecule has 1 aromatic heterocycles. The molecule has 7 heteroatoms. The maximum absolute atomic E-state index is 5.57. The van der Waals surface area contributed by atoms with Gasteiger partial charge in [0.15, 0.2) is 0 Å². The molecule has 3 heterocycles. The monoisotopic (exact) mass is 423 g/mol. The molecule has 1 saturated carbocycles. The van der Waals surface area contributed by atoms with Crippen molar-refractivity contribution in [2.75, 3.05) is 51.8 Å². The van der Waals surface area contributed by atoms with Crippen molar-refractivity contribution in [2.24, 2.45) is 0 Å². The smallest absolute Gasteiger partial charge is 0.225 e. The highest BCUT2D eigenvalue weighted by atomic mass is 16.5. The van der Waals surface area contributed by atoms with Crippen LogP contribution < -0.4 is 14.4 Å². The fourth-order valence-electron chi connectivity index (χ4n) is 4.91. The van der Waals surface area contributed by atoms with E-state index in [1.54, 1.807) is 14.2 Å². The van der Waals surface area contributed by atoms with Crippen LogP contribution >= 0.6 is 0 Å². The van der Waals surface area contributed by atoms with Crippen LogP contribution in [0.25, 0.3) is 0 Å². The molecule has 1 aliphatic carbocycles. The van der Waals surface area contributed by atoms with E-state index in [4.69, 9.17) is 19.4 Å². The summed E-state index contributed by atoms with van der Waals surface area (Å²) in [6, 6.07) is 6.88. The zero-order valence-corrected chi connectivity index (χ0v) is 18.7. The Bertz CT molecular complexity index is 909. The van der Waals surface area contributed by atoms with Crippen molar-refractivity contribution in [1.29, 1.82) is 0 Å². The number of anilines is 1. The van der Waals surface area contributed by atoms with E-state index in [2.05, 4.69) is 20.8 Å². The topological polar surface area (TPSA) is 54.0 Å². The van der Waals surface area contributed by atoms with E-state index in [-0.39, 0.29) is 0 Å². The molecule has 7 nitrogen and oxygen atoms in total. The fourth-order valence-corrected chi connectivity index (χ4v) is 4.91. The number of fused-ring (bicyclic) bond motifs is 1. The molecule has 2 fully saturated rings. The van der Waals surface area contributed by atoms with Crippen LogP contribution in [0.1, 0.15) is 36.1 Å². The minimum atomic E-state index is 0.819. The highest BCUT2D eigenvalue weighted by Crippen LogP contribution is 2.29. The Balaban J connectivity index is 1.21. The quantitative estimate of drug-likeness (QED) is 0.708. The van der Waals surface area contributed by atoms with Crippen molar-refractivity contribution in [3.05, 3.63) is 41.2 Å². The molecule has 2 aromatic rings. The number of ether oxygens (including phenoxy) is 2. The van der Waals surface area contributed by atoms with Gasteiger partial charge in [0.1, 0.15) is 11.5 Å². The van der Waals surface area contributed by atoms with E-state index in [0.717, 1.165) is 75.7 Å².